The molecule has 76 valence electrons. The highest BCUT2D eigenvalue weighted by molar-refractivity contribution is 6.07. The number of rotatable bonds is 1. The van der Waals surface area contributed by atoms with Gasteiger partial charge in [-0.25, -0.2) is 0 Å². The number of ketones is 1. The van der Waals surface area contributed by atoms with Crippen LogP contribution in [0.3, 0.4) is 0 Å². The molecule has 1 aliphatic carbocycles. The van der Waals surface area contributed by atoms with Crippen molar-refractivity contribution >= 4 is 5.78 Å². The predicted octanol–water partition coefficient (Wildman–Crippen LogP) is 1.08. The minimum Gasteiger partial charge on any atom is -0.358 e. The van der Waals surface area contributed by atoms with Crippen LogP contribution in [0.2, 0.25) is 0 Å². The lowest BCUT2D eigenvalue weighted by molar-refractivity contribution is -0.123. The number of fused-ring (bicyclic) bond motifs is 2. The van der Waals surface area contributed by atoms with Crippen molar-refractivity contribution < 1.29 is 14.3 Å². The minimum atomic E-state index is -0.619. The van der Waals surface area contributed by atoms with Crippen LogP contribution < -0.4 is 0 Å². The molecule has 3 heteroatoms. The summed E-state index contributed by atoms with van der Waals surface area (Å²) in [5.41, 5.74) is -0.100. The summed E-state index contributed by atoms with van der Waals surface area (Å²) < 4.78 is 10.9. The second-order valence-corrected chi connectivity index (χ2v) is 4.87. The third kappa shape index (κ3) is 0.743. The Morgan fingerprint density at radius 3 is 2.71 bits per heavy atom. The van der Waals surface area contributed by atoms with Crippen LogP contribution in [0.25, 0.3) is 0 Å². The Morgan fingerprint density at radius 2 is 2.21 bits per heavy atom. The van der Waals surface area contributed by atoms with Gasteiger partial charge in [0.2, 0.25) is 0 Å². The van der Waals surface area contributed by atoms with Gasteiger partial charge in [-0.2, -0.15) is 0 Å². The van der Waals surface area contributed by atoms with E-state index in [0.717, 1.165) is 5.57 Å². The summed E-state index contributed by atoms with van der Waals surface area (Å²) in [6.07, 6.45) is 2.07. The highest BCUT2D eigenvalue weighted by Gasteiger charge is 2.78. The number of carbonyl (C=O) groups is 1. The maximum absolute atomic E-state index is 12.1. The molecule has 3 atom stereocenters. The van der Waals surface area contributed by atoms with Crippen LogP contribution in [0.1, 0.15) is 20.8 Å². The van der Waals surface area contributed by atoms with Crippen molar-refractivity contribution in [1.29, 1.82) is 0 Å². The summed E-state index contributed by atoms with van der Waals surface area (Å²) in [6, 6.07) is 0. The number of epoxide rings is 2. The lowest BCUT2D eigenvalue weighted by Crippen LogP contribution is -2.45. The zero-order valence-electron chi connectivity index (χ0n) is 8.66. The van der Waals surface area contributed by atoms with Gasteiger partial charge in [-0.05, 0) is 24.5 Å². The van der Waals surface area contributed by atoms with Crippen LogP contribution in [0.4, 0.5) is 0 Å². The molecule has 0 bridgehead atoms. The van der Waals surface area contributed by atoms with Crippen molar-refractivity contribution in [3.05, 3.63) is 11.6 Å². The van der Waals surface area contributed by atoms with Crippen molar-refractivity contribution in [3.8, 4) is 0 Å². The summed E-state index contributed by atoms with van der Waals surface area (Å²) in [4.78, 5) is 12.1. The number of hydrogen-bond donors (Lipinski definition) is 0. The lowest BCUT2D eigenvalue weighted by atomic mass is 9.76. The van der Waals surface area contributed by atoms with Crippen molar-refractivity contribution in [2.45, 2.75) is 38.1 Å². The second-order valence-electron chi connectivity index (χ2n) is 4.87. The van der Waals surface area contributed by atoms with Gasteiger partial charge in [0, 0.05) is 0 Å². The fourth-order valence-corrected chi connectivity index (χ4v) is 2.39. The zero-order chi connectivity index (χ0) is 10.1. The fourth-order valence-electron chi connectivity index (χ4n) is 2.39. The molecule has 2 saturated heterocycles. The minimum absolute atomic E-state index is 0.0973. The molecule has 2 aliphatic heterocycles. The fraction of sp³-hybridized carbons (Fsp3) is 0.727. The maximum Gasteiger partial charge on any atom is 0.196 e. The molecule has 3 aliphatic rings. The normalized spacial score (nSPS) is 49.3. The van der Waals surface area contributed by atoms with E-state index in [1.54, 1.807) is 0 Å². The monoisotopic (exact) mass is 194 g/mol. The highest BCUT2D eigenvalue weighted by Crippen LogP contribution is 2.58. The van der Waals surface area contributed by atoms with E-state index in [2.05, 4.69) is 0 Å². The van der Waals surface area contributed by atoms with E-state index in [9.17, 15) is 4.79 Å². The van der Waals surface area contributed by atoms with Gasteiger partial charge >= 0.3 is 0 Å². The second kappa shape index (κ2) is 2.12. The van der Waals surface area contributed by atoms with Gasteiger partial charge in [-0.15, -0.1) is 0 Å². The Hall–Kier alpha value is -0.670. The summed E-state index contributed by atoms with van der Waals surface area (Å²) in [5.74, 6) is 0.404. The SMILES string of the molecule is CC(C)C1=CC2OC2(C)C2(CO2)C1=O. The number of Topliss-reactive ketones (excluding diaryl/α,β-unsaturated/α-hetero) is 1. The number of carbonyl (C=O) groups excluding carboxylic acids is 1. The first kappa shape index (κ1) is 8.62. The van der Waals surface area contributed by atoms with Gasteiger partial charge < -0.3 is 9.47 Å². The Morgan fingerprint density at radius 1 is 1.57 bits per heavy atom. The zero-order valence-corrected chi connectivity index (χ0v) is 8.66. The molecular formula is C11H14O3. The molecule has 0 saturated carbocycles. The summed E-state index contributed by atoms with van der Waals surface area (Å²) in [5, 5.41) is 0. The topological polar surface area (TPSA) is 42.1 Å². The Balaban J connectivity index is 2.06. The molecule has 0 N–H and O–H groups in total. The number of ether oxygens (including phenoxy) is 2. The molecule has 14 heavy (non-hydrogen) atoms. The van der Waals surface area contributed by atoms with Crippen molar-refractivity contribution in [2.75, 3.05) is 6.61 Å². The van der Waals surface area contributed by atoms with E-state index in [4.69, 9.17) is 9.47 Å². The molecule has 0 aromatic rings. The molecule has 1 spiro atoms. The summed E-state index contributed by atoms with van der Waals surface area (Å²) in [7, 11) is 0. The third-order valence-electron chi connectivity index (χ3n) is 3.67. The van der Waals surface area contributed by atoms with Crippen LogP contribution in [0.5, 0.6) is 0 Å². The van der Waals surface area contributed by atoms with Crippen molar-refractivity contribution in [2.24, 2.45) is 5.92 Å². The standard InChI is InChI=1S/C11H14O3/c1-6(2)7-4-8-10(3,14-8)11(5-13-11)9(7)12/h4,6,8H,5H2,1-3H3. The van der Waals surface area contributed by atoms with Crippen molar-refractivity contribution in [3.63, 3.8) is 0 Å². The molecule has 2 heterocycles. The smallest absolute Gasteiger partial charge is 0.196 e. The first-order valence-corrected chi connectivity index (χ1v) is 5.09. The van der Waals surface area contributed by atoms with Gasteiger partial charge in [0.05, 0.1) is 6.61 Å². The average molecular weight is 194 g/mol. The number of hydrogen-bond acceptors (Lipinski definition) is 3. The summed E-state index contributed by atoms with van der Waals surface area (Å²) >= 11 is 0. The van der Waals surface area contributed by atoms with Gasteiger partial charge in [0.25, 0.3) is 0 Å². The average Bonchev–Trinajstić information content (AvgIpc) is 2.94. The molecule has 2 fully saturated rings. The van der Waals surface area contributed by atoms with Gasteiger partial charge in [0.15, 0.2) is 11.4 Å². The van der Waals surface area contributed by atoms with Gasteiger partial charge in [-0.1, -0.05) is 13.8 Å². The van der Waals surface area contributed by atoms with Crippen LogP contribution in [-0.2, 0) is 14.3 Å². The molecule has 0 radical (unpaired) electrons. The van der Waals surface area contributed by atoms with Gasteiger partial charge in [-0.3, -0.25) is 4.79 Å². The van der Waals surface area contributed by atoms with E-state index in [1.165, 1.54) is 0 Å². The molecule has 0 aromatic heterocycles. The predicted molar refractivity (Wildman–Crippen MR) is 49.9 cm³/mol. The lowest BCUT2D eigenvalue weighted by Gasteiger charge is -2.22. The van der Waals surface area contributed by atoms with Crippen LogP contribution in [-0.4, -0.2) is 29.7 Å². The first-order chi connectivity index (χ1) is 6.51. The molecule has 3 nitrogen and oxygen atoms in total. The van der Waals surface area contributed by atoms with Crippen molar-refractivity contribution in [1.82, 2.24) is 0 Å². The van der Waals surface area contributed by atoms with Crippen LogP contribution >= 0.6 is 0 Å². The van der Waals surface area contributed by atoms with E-state index in [-0.39, 0.29) is 23.4 Å². The maximum atomic E-state index is 12.1. The van der Waals surface area contributed by atoms with Gasteiger partial charge in [0.1, 0.15) is 11.7 Å². The highest BCUT2D eigenvalue weighted by atomic mass is 16.7. The third-order valence-corrected chi connectivity index (χ3v) is 3.67. The largest absolute Gasteiger partial charge is 0.358 e. The Bertz CT molecular complexity index is 352. The molecule has 3 rings (SSSR count). The molecule has 0 amide bonds. The van der Waals surface area contributed by atoms with E-state index < -0.39 is 5.60 Å². The van der Waals surface area contributed by atoms with Crippen LogP contribution in [0.15, 0.2) is 11.6 Å². The van der Waals surface area contributed by atoms with Crippen LogP contribution in [0, 0.1) is 5.92 Å². The Labute approximate surface area is 83.1 Å². The van der Waals surface area contributed by atoms with E-state index in [1.807, 2.05) is 26.8 Å². The van der Waals surface area contributed by atoms with E-state index in [0.29, 0.717) is 6.61 Å². The molecular weight excluding hydrogens is 180 g/mol. The Kier molecular flexibility index (Phi) is 1.31. The molecule has 0 aromatic carbocycles. The first-order valence-electron chi connectivity index (χ1n) is 5.09. The summed E-state index contributed by atoms with van der Waals surface area (Å²) in [6.45, 7) is 6.56. The van der Waals surface area contributed by atoms with E-state index >= 15 is 0 Å². The molecule has 3 unspecified atom stereocenters. The quantitative estimate of drug-likeness (QED) is 0.586.